The third-order valence-electron chi connectivity index (χ3n) is 10.6. The van der Waals surface area contributed by atoms with Crippen LogP contribution in [-0.4, -0.2) is 0 Å². The fourth-order valence-corrected chi connectivity index (χ4v) is 7.97. The molecule has 12 rings (SSSR count). The Balaban J connectivity index is 0.000000143. The minimum Gasteiger partial charge on any atom is -0.457 e. The number of anilines is 5. The second-order valence-corrected chi connectivity index (χ2v) is 16.5. The van der Waals surface area contributed by atoms with Crippen molar-refractivity contribution in [2.45, 2.75) is 7.43 Å². The second-order valence-electron chi connectivity index (χ2n) is 15.5. The molecule has 10 aromatic rings. The van der Waals surface area contributed by atoms with Crippen LogP contribution in [0.2, 0.25) is 0 Å². The molecule has 0 aliphatic carbocycles. The van der Waals surface area contributed by atoms with E-state index in [-0.39, 0.29) is 7.43 Å². The first-order chi connectivity index (χ1) is 34.1. The van der Waals surface area contributed by atoms with Gasteiger partial charge in [0.15, 0.2) is 23.0 Å². The summed E-state index contributed by atoms with van der Waals surface area (Å²) >= 11 is 3.48. The van der Waals surface area contributed by atoms with Crippen LogP contribution in [0.1, 0.15) is 7.43 Å². The number of para-hydroxylation sites is 12. The SMILES string of the molecule is Brc1cc(Oc2ccccc2)cc(Oc2ccccc2)c1.C.c1ccc(Oc2cc(Oc3ccccc3)cc(N3c4ccccc4Oc4ccccc43)c2)cc1.c1ccc2c(c1)Nc1ccccc1O2. The lowest BCUT2D eigenvalue weighted by Crippen LogP contribution is -2.15. The molecule has 0 spiro atoms. The van der Waals surface area contributed by atoms with Crippen molar-refractivity contribution in [2.75, 3.05) is 10.2 Å². The van der Waals surface area contributed by atoms with E-state index in [1.807, 2.05) is 255 Å². The van der Waals surface area contributed by atoms with Crippen molar-refractivity contribution in [3.05, 3.63) is 259 Å². The number of hydrogen-bond donors (Lipinski definition) is 1. The molecule has 8 nitrogen and oxygen atoms in total. The number of benzene rings is 10. The predicted octanol–water partition coefficient (Wildman–Crippen LogP) is 19.1. The molecule has 2 aliphatic heterocycles. The number of nitrogens with one attached hydrogen (secondary N) is 1. The van der Waals surface area contributed by atoms with Crippen LogP contribution in [-0.2, 0) is 0 Å². The Morgan fingerprint density at radius 3 is 1.00 bits per heavy atom. The maximum Gasteiger partial charge on any atom is 0.151 e. The summed E-state index contributed by atoms with van der Waals surface area (Å²) in [6, 6.07) is 82.3. The quantitative estimate of drug-likeness (QED) is 0.153. The average Bonchev–Trinajstić information content (AvgIpc) is 3.38. The van der Waals surface area contributed by atoms with E-state index in [9.17, 15) is 0 Å². The van der Waals surface area contributed by atoms with Crippen molar-refractivity contribution >= 4 is 44.4 Å². The molecule has 0 amide bonds. The molecule has 0 aromatic heterocycles. The van der Waals surface area contributed by atoms with Crippen LogP contribution in [0, 0.1) is 0 Å². The number of halogens is 1. The Morgan fingerprint density at radius 1 is 0.314 bits per heavy atom. The van der Waals surface area contributed by atoms with E-state index >= 15 is 0 Å². The monoisotopic (exact) mass is 982 g/mol. The van der Waals surface area contributed by atoms with Gasteiger partial charge in [0.2, 0.25) is 0 Å². The maximum atomic E-state index is 6.23. The Morgan fingerprint density at radius 2 is 0.614 bits per heavy atom. The Labute approximate surface area is 416 Å². The standard InChI is InChI=1S/C30H21NO3.C18H13BrO2.C12H9NO.CH4/c1-3-11-23(12-4-1)32-25-19-22(20-26(21-25)33-24-13-5-2-6-14-24)31-27-15-7-9-17-29(27)34-30-18-10-8-16-28(30)31;19-14-11-17(20-15-7-3-1-4-8-15)13-18(12-14)21-16-9-5-2-6-10-16;1-3-7-11-9(5-1)13-10-6-2-4-8-12(10)14-11;/h1-21H;1-13H;1-8,13H;1H4. The number of hydrogen-bond acceptors (Lipinski definition) is 8. The molecule has 2 aliphatic rings. The van der Waals surface area contributed by atoms with E-state index in [1.54, 1.807) is 0 Å². The fraction of sp³-hybridized carbons (Fsp3) is 0.0164. The van der Waals surface area contributed by atoms with Gasteiger partial charge in [-0.1, -0.05) is 145 Å². The van der Waals surface area contributed by atoms with Gasteiger partial charge in [-0.3, -0.25) is 0 Å². The summed E-state index contributed by atoms with van der Waals surface area (Å²) in [5, 5.41) is 3.32. The molecule has 1 N–H and O–H groups in total. The van der Waals surface area contributed by atoms with Crippen LogP contribution in [0.5, 0.6) is 69.0 Å². The molecule has 0 saturated heterocycles. The molecule has 70 heavy (non-hydrogen) atoms. The van der Waals surface area contributed by atoms with Gasteiger partial charge in [0.25, 0.3) is 0 Å². The summed E-state index contributed by atoms with van der Waals surface area (Å²) in [4.78, 5) is 2.17. The molecule has 0 fully saturated rings. The fourth-order valence-electron chi connectivity index (χ4n) is 7.52. The highest BCUT2D eigenvalue weighted by Crippen LogP contribution is 2.51. The van der Waals surface area contributed by atoms with E-state index < -0.39 is 0 Å². The molecular formula is C61H47BrN2O6. The van der Waals surface area contributed by atoms with Crippen molar-refractivity contribution in [1.29, 1.82) is 0 Å². The number of nitrogens with zero attached hydrogens (tertiary/aromatic N) is 1. The van der Waals surface area contributed by atoms with Crippen LogP contribution >= 0.6 is 15.9 Å². The predicted molar refractivity (Wildman–Crippen MR) is 284 cm³/mol. The summed E-state index contributed by atoms with van der Waals surface area (Å²) in [6.07, 6.45) is 0. The van der Waals surface area contributed by atoms with Crippen molar-refractivity contribution in [3.63, 3.8) is 0 Å². The number of ether oxygens (including phenoxy) is 6. The summed E-state index contributed by atoms with van der Waals surface area (Å²) in [6.45, 7) is 0. The molecule has 0 bridgehead atoms. The summed E-state index contributed by atoms with van der Waals surface area (Å²) in [7, 11) is 0. The third-order valence-corrected chi connectivity index (χ3v) is 11.0. The molecule has 344 valence electrons. The van der Waals surface area contributed by atoms with Crippen LogP contribution in [0.4, 0.5) is 28.4 Å². The minimum absolute atomic E-state index is 0. The molecule has 10 aromatic carbocycles. The Hall–Kier alpha value is -8.92. The van der Waals surface area contributed by atoms with Gasteiger partial charge >= 0.3 is 0 Å². The van der Waals surface area contributed by atoms with Gasteiger partial charge in [0.1, 0.15) is 46.0 Å². The zero-order chi connectivity index (χ0) is 46.6. The van der Waals surface area contributed by atoms with Gasteiger partial charge in [-0.15, -0.1) is 0 Å². The van der Waals surface area contributed by atoms with Crippen molar-refractivity contribution < 1.29 is 28.4 Å². The molecule has 0 radical (unpaired) electrons. The summed E-state index contributed by atoms with van der Waals surface area (Å²) in [5.41, 5.74) is 4.84. The lowest BCUT2D eigenvalue weighted by Gasteiger charge is -2.33. The van der Waals surface area contributed by atoms with Crippen LogP contribution < -0.4 is 38.6 Å². The van der Waals surface area contributed by atoms with E-state index in [0.717, 1.165) is 90.4 Å². The van der Waals surface area contributed by atoms with Gasteiger partial charge in [-0.2, -0.15) is 0 Å². The highest BCUT2D eigenvalue weighted by molar-refractivity contribution is 9.10. The highest BCUT2D eigenvalue weighted by Gasteiger charge is 2.26. The van der Waals surface area contributed by atoms with Gasteiger partial charge in [-0.05, 0) is 109 Å². The topological polar surface area (TPSA) is 70.7 Å². The smallest absolute Gasteiger partial charge is 0.151 e. The lowest BCUT2D eigenvalue weighted by atomic mass is 10.1. The molecule has 0 saturated carbocycles. The van der Waals surface area contributed by atoms with Crippen LogP contribution in [0.25, 0.3) is 0 Å². The van der Waals surface area contributed by atoms with E-state index in [1.165, 1.54) is 0 Å². The molecule has 0 atom stereocenters. The van der Waals surface area contributed by atoms with Crippen LogP contribution in [0.15, 0.2) is 259 Å². The first-order valence-corrected chi connectivity index (χ1v) is 23.0. The van der Waals surface area contributed by atoms with E-state index in [0.29, 0.717) is 11.5 Å². The summed E-state index contributed by atoms with van der Waals surface area (Å²) in [5.74, 6) is 9.25. The van der Waals surface area contributed by atoms with E-state index in [4.69, 9.17) is 28.4 Å². The van der Waals surface area contributed by atoms with Gasteiger partial charge in [0, 0.05) is 28.7 Å². The average molecular weight is 984 g/mol. The highest BCUT2D eigenvalue weighted by atomic mass is 79.9. The molecule has 2 heterocycles. The summed E-state index contributed by atoms with van der Waals surface area (Å²) < 4.78 is 36.9. The number of fused-ring (bicyclic) bond motifs is 4. The largest absolute Gasteiger partial charge is 0.457 e. The maximum absolute atomic E-state index is 6.23. The number of rotatable bonds is 9. The third kappa shape index (κ3) is 11.6. The van der Waals surface area contributed by atoms with Crippen molar-refractivity contribution in [2.24, 2.45) is 0 Å². The first-order valence-electron chi connectivity index (χ1n) is 22.2. The zero-order valence-electron chi connectivity index (χ0n) is 37.0. The van der Waals surface area contributed by atoms with Crippen molar-refractivity contribution in [3.8, 4) is 69.0 Å². The molecular weight excluding hydrogens is 937 g/mol. The molecule has 9 heteroatoms. The molecule has 0 unspecified atom stereocenters. The Kier molecular flexibility index (Phi) is 14.7. The zero-order valence-corrected chi connectivity index (χ0v) is 38.6. The van der Waals surface area contributed by atoms with E-state index in [2.05, 4.69) is 26.1 Å². The van der Waals surface area contributed by atoms with Gasteiger partial charge in [-0.25, -0.2) is 0 Å². The second kappa shape index (κ2) is 22.3. The first kappa shape index (κ1) is 46.2. The van der Waals surface area contributed by atoms with Gasteiger partial charge in [0.05, 0.1) is 28.4 Å². The Bertz CT molecular complexity index is 3030. The van der Waals surface area contributed by atoms with Crippen LogP contribution in [0.3, 0.4) is 0 Å². The minimum atomic E-state index is 0. The van der Waals surface area contributed by atoms with Crippen molar-refractivity contribution in [1.82, 2.24) is 0 Å². The van der Waals surface area contributed by atoms with Gasteiger partial charge < -0.3 is 38.6 Å². The lowest BCUT2D eigenvalue weighted by molar-refractivity contribution is 0.459. The normalized spacial score (nSPS) is 11.1.